The van der Waals surface area contributed by atoms with E-state index in [4.69, 9.17) is 5.11 Å². The monoisotopic (exact) mass is 438 g/mol. The standard InChI is InChI=1S/C23H19F5O3/c24-22(25)20-12-15(18-8-6-17(29)11-14(18)5-9-21(30)31)4-7-19(20)13-2-1-3-16(10-13)23(26,27)28/h2,4,6-8,10-12,22,29H,1,3,5,9H2,(H,30,31). The summed E-state index contributed by atoms with van der Waals surface area (Å²) >= 11 is 0. The van der Waals surface area contributed by atoms with Crippen LogP contribution in [0.2, 0.25) is 0 Å². The van der Waals surface area contributed by atoms with E-state index in [2.05, 4.69) is 0 Å². The molecule has 0 bridgehead atoms. The van der Waals surface area contributed by atoms with Crippen molar-refractivity contribution in [2.45, 2.75) is 38.3 Å². The molecule has 1 aliphatic carbocycles. The molecule has 0 fully saturated rings. The van der Waals surface area contributed by atoms with Crippen LogP contribution in [0.25, 0.3) is 16.7 Å². The van der Waals surface area contributed by atoms with Crippen LogP contribution in [0.15, 0.2) is 54.1 Å². The molecule has 0 spiro atoms. The first-order valence-corrected chi connectivity index (χ1v) is 9.50. The Morgan fingerprint density at radius 3 is 2.42 bits per heavy atom. The largest absolute Gasteiger partial charge is 0.508 e. The molecule has 2 N–H and O–H groups in total. The van der Waals surface area contributed by atoms with E-state index in [1.165, 1.54) is 42.5 Å². The van der Waals surface area contributed by atoms with Crippen LogP contribution >= 0.6 is 0 Å². The second-order valence-corrected chi connectivity index (χ2v) is 7.20. The predicted octanol–water partition coefficient (Wildman–Crippen LogP) is 6.68. The highest BCUT2D eigenvalue weighted by molar-refractivity contribution is 5.81. The first kappa shape index (κ1) is 22.5. The minimum atomic E-state index is -4.52. The Balaban J connectivity index is 2.06. The number of carbonyl (C=O) groups is 1. The van der Waals surface area contributed by atoms with Gasteiger partial charge in [0, 0.05) is 17.6 Å². The highest BCUT2D eigenvalue weighted by atomic mass is 19.4. The van der Waals surface area contributed by atoms with Gasteiger partial charge in [0.2, 0.25) is 0 Å². The molecule has 2 aromatic carbocycles. The van der Waals surface area contributed by atoms with Crippen molar-refractivity contribution in [2.75, 3.05) is 0 Å². The molecule has 0 saturated heterocycles. The highest BCUT2D eigenvalue weighted by Crippen LogP contribution is 2.39. The Kier molecular flexibility index (Phi) is 6.48. The summed E-state index contributed by atoms with van der Waals surface area (Å²) in [5.41, 5.74) is 0.229. The number of phenols is 1. The van der Waals surface area contributed by atoms with Gasteiger partial charge >= 0.3 is 12.1 Å². The summed E-state index contributed by atoms with van der Waals surface area (Å²) in [7, 11) is 0. The Bertz CT molecular complexity index is 1050. The second-order valence-electron chi connectivity index (χ2n) is 7.20. The lowest BCUT2D eigenvalue weighted by molar-refractivity contribution is -0.136. The van der Waals surface area contributed by atoms with Gasteiger partial charge in [-0.1, -0.05) is 24.3 Å². The minimum absolute atomic E-state index is 0.0195. The highest BCUT2D eigenvalue weighted by Gasteiger charge is 2.34. The quantitative estimate of drug-likeness (QED) is 0.495. The maximum Gasteiger partial charge on any atom is 0.412 e. The maximum absolute atomic E-state index is 13.8. The zero-order valence-corrected chi connectivity index (χ0v) is 16.2. The van der Waals surface area contributed by atoms with Crippen molar-refractivity contribution in [2.24, 2.45) is 0 Å². The minimum Gasteiger partial charge on any atom is -0.508 e. The number of carboxylic acids is 1. The van der Waals surface area contributed by atoms with Gasteiger partial charge in [-0.05, 0) is 71.4 Å². The molecule has 31 heavy (non-hydrogen) atoms. The average molecular weight is 438 g/mol. The Labute approximate surface area is 175 Å². The van der Waals surface area contributed by atoms with Crippen molar-refractivity contribution in [3.05, 3.63) is 70.8 Å². The molecule has 0 aliphatic heterocycles. The predicted molar refractivity (Wildman–Crippen MR) is 106 cm³/mol. The summed E-state index contributed by atoms with van der Waals surface area (Å²) in [6.07, 6.45) is -5.27. The molecule has 3 rings (SSSR count). The molecule has 3 nitrogen and oxygen atoms in total. The van der Waals surface area contributed by atoms with Crippen molar-refractivity contribution < 1.29 is 37.0 Å². The number of hydrogen-bond donors (Lipinski definition) is 2. The first-order chi connectivity index (χ1) is 14.6. The summed E-state index contributed by atoms with van der Waals surface area (Å²) in [6, 6.07) is 8.29. The number of hydrogen-bond acceptors (Lipinski definition) is 2. The molecule has 164 valence electrons. The molecule has 0 atom stereocenters. The molecule has 0 unspecified atom stereocenters. The number of allylic oxidation sites excluding steroid dienone is 4. The molecule has 0 saturated carbocycles. The third-order valence-corrected chi connectivity index (χ3v) is 5.08. The van der Waals surface area contributed by atoms with E-state index in [-0.39, 0.29) is 42.6 Å². The van der Waals surface area contributed by atoms with Crippen molar-refractivity contribution in [3.63, 3.8) is 0 Å². The number of aromatic hydroxyl groups is 1. The van der Waals surface area contributed by atoms with Crippen LogP contribution in [-0.4, -0.2) is 22.4 Å². The maximum atomic E-state index is 13.8. The lowest BCUT2D eigenvalue weighted by Gasteiger charge is -2.19. The van der Waals surface area contributed by atoms with Crippen LogP contribution in [-0.2, 0) is 11.2 Å². The van der Waals surface area contributed by atoms with Crippen LogP contribution in [0.5, 0.6) is 5.75 Å². The summed E-state index contributed by atoms with van der Waals surface area (Å²) in [5, 5.41) is 18.7. The normalized spacial score (nSPS) is 14.4. The fourth-order valence-corrected chi connectivity index (χ4v) is 3.60. The third-order valence-electron chi connectivity index (χ3n) is 5.08. The van der Waals surface area contributed by atoms with Gasteiger partial charge in [-0.15, -0.1) is 0 Å². The number of phenolic OH excluding ortho intramolecular Hbond substituents is 1. The zero-order chi connectivity index (χ0) is 22.8. The second kappa shape index (κ2) is 8.91. The summed E-state index contributed by atoms with van der Waals surface area (Å²) in [4.78, 5) is 10.9. The smallest absolute Gasteiger partial charge is 0.412 e. The van der Waals surface area contributed by atoms with Crippen molar-refractivity contribution >= 4 is 11.5 Å². The zero-order valence-electron chi connectivity index (χ0n) is 16.2. The van der Waals surface area contributed by atoms with E-state index in [1.54, 1.807) is 0 Å². The molecule has 1 aliphatic rings. The Morgan fingerprint density at radius 1 is 1.06 bits per heavy atom. The number of aryl methyl sites for hydroxylation is 1. The van der Waals surface area contributed by atoms with E-state index < -0.39 is 29.7 Å². The summed E-state index contributed by atoms with van der Waals surface area (Å²) < 4.78 is 66.9. The lowest BCUT2D eigenvalue weighted by atomic mass is 9.88. The molecular formula is C23H19F5O3. The first-order valence-electron chi connectivity index (χ1n) is 9.50. The third kappa shape index (κ3) is 5.31. The Morgan fingerprint density at radius 2 is 1.77 bits per heavy atom. The molecule has 8 heteroatoms. The van der Waals surface area contributed by atoms with Gasteiger partial charge in [0.05, 0.1) is 0 Å². The van der Waals surface area contributed by atoms with E-state index in [0.717, 1.165) is 6.08 Å². The van der Waals surface area contributed by atoms with Crippen LogP contribution in [0.1, 0.15) is 42.4 Å². The fraction of sp³-hybridized carbons (Fsp3) is 0.261. The van der Waals surface area contributed by atoms with Crippen LogP contribution < -0.4 is 0 Å². The van der Waals surface area contributed by atoms with Crippen LogP contribution in [0.4, 0.5) is 22.0 Å². The molecule has 0 heterocycles. The van der Waals surface area contributed by atoms with E-state index >= 15 is 0 Å². The lowest BCUT2D eigenvalue weighted by Crippen LogP contribution is -2.13. The van der Waals surface area contributed by atoms with Gasteiger partial charge in [-0.25, -0.2) is 8.78 Å². The fourth-order valence-electron chi connectivity index (χ4n) is 3.60. The van der Waals surface area contributed by atoms with Crippen LogP contribution in [0, 0.1) is 0 Å². The number of alkyl halides is 5. The van der Waals surface area contributed by atoms with Crippen molar-refractivity contribution in [1.82, 2.24) is 0 Å². The van der Waals surface area contributed by atoms with Crippen LogP contribution in [0.3, 0.4) is 0 Å². The van der Waals surface area contributed by atoms with Crippen molar-refractivity contribution in [1.29, 1.82) is 0 Å². The molecule has 0 aromatic heterocycles. The summed E-state index contributed by atoms with van der Waals surface area (Å²) in [5.74, 6) is -1.14. The average Bonchev–Trinajstić information content (AvgIpc) is 2.71. The molecular weight excluding hydrogens is 419 g/mol. The van der Waals surface area contributed by atoms with Gasteiger partial charge in [-0.2, -0.15) is 13.2 Å². The number of rotatable bonds is 6. The molecule has 0 amide bonds. The molecule has 2 aromatic rings. The van der Waals surface area contributed by atoms with Gasteiger partial charge < -0.3 is 10.2 Å². The topological polar surface area (TPSA) is 57.5 Å². The SMILES string of the molecule is O=C(O)CCc1cc(O)ccc1-c1ccc(C2=CCCC(C(F)(F)F)=C2)c(C(F)F)c1. The van der Waals surface area contributed by atoms with E-state index in [1.807, 2.05) is 0 Å². The number of halogens is 5. The van der Waals surface area contributed by atoms with Gasteiger partial charge in [0.25, 0.3) is 6.43 Å². The van der Waals surface area contributed by atoms with Gasteiger partial charge in [0.15, 0.2) is 0 Å². The molecule has 0 radical (unpaired) electrons. The number of carboxylic acid groups (broad SMARTS) is 1. The number of aliphatic carboxylic acids is 1. The van der Waals surface area contributed by atoms with E-state index in [0.29, 0.717) is 16.7 Å². The van der Waals surface area contributed by atoms with Crippen molar-refractivity contribution in [3.8, 4) is 16.9 Å². The van der Waals surface area contributed by atoms with Gasteiger partial charge in [-0.3, -0.25) is 4.79 Å². The summed E-state index contributed by atoms with van der Waals surface area (Å²) in [6.45, 7) is 0. The number of benzene rings is 2. The van der Waals surface area contributed by atoms with Gasteiger partial charge in [0.1, 0.15) is 5.75 Å². The van der Waals surface area contributed by atoms with E-state index in [9.17, 15) is 31.9 Å². The Hall–Kier alpha value is -3.16.